The Balaban J connectivity index is 0.00000588. The van der Waals surface area contributed by atoms with Gasteiger partial charge in [0.1, 0.15) is 23.2 Å². The van der Waals surface area contributed by atoms with E-state index in [1.165, 1.54) is 60.6 Å². The smallest absolute Gasteiger partial charge is 0.157 e. The molecule has 0 bridgehead atoms. The summed E-state index contributed by atoms with van der Waals surface area (Å²) in [5.74, 6) is 0. The van der Waals surface area contributed by atoms with E-state index < -0.39 is 7.26 Å². The van der Waals surface area contributed by atoms with Crippen LogP contribution in [-0.4, -0.2) is 25.7 Å². The SMILES string of the molecule is CCCCOC(CCCCC/C=C\CCC[P+](c1ccccc1)(c1ccccc1)c1ccccc1)OCCCC.[I-]. The molecule has 0 N–H and O–H groups in total. The van der Waals surface area contributed by atoms with E-state index in [4.69, 9.17) is 9.47 Å². The Morgan fingerprint density at radius 3 is 1.44 bits per heavy atom. The zero-order valence-electron chi connectivity index (χ0n) is 25.4. The zero-order valence-corrected chi connectivity index (χ0v) is 28.5. The van der Waals surface area contributed by atoms with Crippen molar-refractivity contribution in [2.45, 2.75) is 90.8 Å². The van der Waals surface area contributed by atoms with Gasteiger partial charge >= 0.3 is 0 Å². The molecular weight excluding hydrogens is 634 g/mol. The number of rotatable bonds is 21. The molecule has 0 radical (unpaired) electrons. The molecule has 3 aromatic rings. The molecule has 0 spiro atoms. The van der Waals surface area contributed by atoms with Crippen LogP contribution in [0.15, 0.2) is 103 Å². The predicted molar refractivity (Wildman–Crippen MR) is 177 cm³/mol. The summed E-state index contributed by atoms with van der Waals surface area (Å²) >= 11 is 0. The van der Waals surface area contributed by atoms with Crippen LogP contribution in [0.4, 0.5) is 0 Å². The molecule has 41 heavy (non-hydrogen) atoms. The highest BCUT2D eigenvalue weighted by Crippen LogP contribution is 2.55. The summed E-state index contributed by atoms with van der Waals surface area (Å²) in [6.45, 7) is 6.05. The minimum Gasteiger partial charge on any atom is -1.00 e. The summed E-state index contributed by atoms with van der Waals surface area (Å²) in [4.78, 5) is 0. The summed E-state index contributed by atoms with van der Waals surface area (Å²) in [5.41, 5.74) is 0. The highest BCUT2D eigenvalue weighted by molar-refractivity contribution is 7.95. The highest BCUT2D eigenvalue weighted by Gasteiger charge is 2.44. The first-order valence-corrected chi connectivity index (χ1v) is 17.7. The van der Waals surface area contributed by atoms with E-state index in [1.807, 2.05) is 0 Å². The Bertz CT molecular complexity index is 936. The fourth-order valence-corrected chi connectivity index (χ4v) is 9.62. The summed E-state index contributed by atoms with van der Waals surface area (Å²) in [7, 11) is -1.71. The number of benzene rings is 3. The van der Waals surface area contributed by atoms with E-state index in [-0.39, 0.29) is 30.3 Å². The van der Waals surface area contributed by atoms with E-state index >= 15 is 0 Å². The van der Waals surface area contributed by atoms with Crippen LogP contribution in [0.25, 0.3) is 0 Å². The van der Waals surface area contributed by atoms with Crippen LogP contribution in [0, 0.1) is 0 Å². The molecule has 0 aliphatic heterocycles. The Morgan fingerprint density at radius 2 is 1.00 bits per heavy atom. The van der Waals surface area contributed by atoms with Crippen molar-refractivity contribution in [3.05, 3.63) is 103 Å². The van der Waals surface area contributed by atoms with Gasteiger partial charge in [0, 0.05) is 13.2 Å². The molecule has 2 nitrogen and oxygen atoms in total. The van der Waals surface area contributed by atoms with Gasteiger partial charge in [0.25, 0.3) is 0 Å². The van der Waals surface area contributed by atoms with Crippen LogP contribution in [0.2, 0.25) is 0 Å². The lowest BCUT2D eigenvalue weighted by atomic mass is 10.1. The molecular formula is C37H52IO2P. The predicted octanol–water partition coefficient (Wildman–Crippen LogP) is 6.23. The van der Waals surface area contributed by atoms with Gasteiger partial charge < -0.3 is 33.5 Å². The zero-order chi connectivity index (χ0) is 28.1. The second-order valence-electron chi connectivity index (χ2n) is 10.7. The Hall–Kier alpha value is -1.52. The van der Waals surface area contributed by atoms with Crippen molar-refractivity contribution in [1.82, 2.24) is 0 Å². The fraction of sp³-hybridized carbons (Fsp3) is 0.459. The van der Waals surface area contributed by atoms with Crippen molar-refractivity contribution >= 4 is 23.2 Å². The lowest BCUT2D eigenvalue weighted by Gasteiger charge is -2.27. The molecule has 3 rings (SSSR count). The second-order valence-corrected chi connectivity index (χ2v) is 14.3. The van der Waals surface area contributed by atoms with Crippen LogP contribution in [0.1, 0.15) is 84.5 Å². The summed E-state index contributed by atoms with van der Waals surface area (Å²) < 4.78 is 12.0. The number of ether oxygens (including phenoxy) is 2. The molecule has 0 aromatic heterocycles. The van der Waals surface area contributed by atoms with Gasteiger partial charge in [0.05, 0.1) is 6.16 Å². The first-order chi connectivity index (χ1) is 19.8. The third kappa shape index (κ3) is 12.3. The van der Waals surface area contributed by atoms with Crippen LogP contribution in [-0.2, 0) is 9.47 Å². The topological polar surface area (TPSA) is 18.5 Å². The van der Waals surface area contributed by atoms with Gasteiger partial charge in [0.15, 0.2) is 6.29 Å². The van der Waals surface area contributed by atoms with E-state index in [0.717, 1.165) is 45.3 Å². The molecule has 0 aliphatic carbocycles. The maximum atomic E-state index is 5.99. The van der Waals surface area contributed by atoms with Crippen molar-refractivity contribution in [1.29, 1.82) is 0 Å². The lowest BCUT2D eigenvalue weighted by molar-refractivity contribution is -0.147. The third-order valence-electron chi connectivity index (χ3n) is 7.54. The number of hydrogen-bond acceptors (Lipinski definition) is 2. The lowest BCUT2D eigenvalue weighted by Crippen LogP contribution is -3.00. The number of allylic oxidation sites excluding steroid dienone is 2. The van der Waals surface area contributed by atoms with Gasteiger partial charge in [-0.1, -0.05) is 99.9 Å². The molecule has 4 heteroatoms. The van der Waals surface area contributed by atoms with Crippen LogP contribution in [0.5, 0.6) is 0 Å². The molecule has 3 aromatic carbocycles. The number of unbranched alkanes of at least 4 members (excludes halogenated alkanes) is 6. The van der Waals surface area contributed by atoms with Crippen LogP contribution < -0.4 is 39.9 Å². The maximum Gasteiger partial charge on any atom is 0.157 e. The van der Waals surface area contributed by atoms with Crippen molar-refractivity contribution in [2.24, 2.45) is 0 Å². The quantitative estimate of drug-likeness (QED) is 0.0435. The van der Waals surface area contributed by atoms with E-state index in [9.17, 15) is 0 Å². The van der Waals surface area contributed by atoms with Gasteiger partial charge in [-0.3, -0.25) is 0 Å². The summed E-state index contributed by atoms with van der Waals surface area (Å²) in [5, 5.41) is 4.44. The molecule has 0 atom stereocenters. The van der Waals surface area contributed by atoms with Gasteiger partial charge in [0.2, 0.25) is 0 Å². The maximum absolute atomic E-state index is 5.99. The Kier molecular flexibility index (Phi) is 19.2. The van der Waals surface area contributed by atoms with E-state index in [2.05, 4.69) is 117 Å². The third-order valence-corrected chi connectivity index (χ3v) is 12.1. The molecule has 0 saturated heterocycles. The van der Waals surface area contributed by atoms with Crippen LogP contribution in [0.3, 0.4) is 0 Å². The first-order valence-electron chi connectivity index (χ1n) is 15.7. The monoisotopic (exact) mass is 686 g/mol. The molecule has 0 unspecified atom stereocenters. The van der Waals surface area contributed by atoms with Crippen LogP contribution >= 0.6 is 7.26 Å². The van der Waals surface area contributed by atoms with Crippen molar-refractivity contribution < 1.29 is 33.5 Å². The van der Waals surface area contributed by atoms with Crippen molar-refractivity contribution in [2.75, 3.05) is 19.4 Å². The standard InChI is InChI=1S/C37H52O2P.HI/c1-3-5-31-38-37(39-32-6-4-2)30-22-11-9-7-8-10-12-23-33-40(34-24-16-13-17-25-34,35-26-18-14-19-27-35)36-28-20-15-21-29-36;/h8,10,13-21,24-29,37H,3-7,9,11-12,22-23,30-33H2,1-2H3;1H/q+1;/p-1/b10-8-;. The number of hydrogen-bond donors (Lipinski definition) is 0. The summed E-state index contributed by atoms with van der Waals surface area (Å²) in [6.07, 6.45) is 18.7. The van der Waals surface area contributed by atoms with Gasteiger partial charge in [-0.25, -0.2) is 0 Å². The summed E-state index contributed by atoms with van der Waals surface area (Å²) in [6, 6.07) is 33.7. The van der Waals surface area contributed by atoms with Crippen molar-refractivity contribution in [3.8, 4) is 0 Å². The minimum atomic E-state index is -1.71. The van der Waals surface area contributed by atoms with E-state index in [0.29, 0.717) is 0 Å². The Morgan fingerprint density at radius 1 is 0.561 bits per heavy atom. The number of halogens is 1. The molecule has 224 valence electrons. The first kappa shape index (κ1) is 35.7. The van der Waals surface area contributed by atoms with Gasteiger partial charge in [-0.2, -0.15) is 0 Å². The largest absolute Gasteiger partial charge is 1.00 e. The minimum absolute atomic E-state index is 0. The Labute approximate surface area is 268 Å². The molecule has 0 saturated carbocycles. The fourth-order valence-electron chi connectivity index (χ4n) is 5.25. The second kappa shape index (κ2) is 22.1. The van der Waals surface area contributed by atoms with Gasteiger partial charge in [-0.05, 0) is 87.8 Å². The highest BCUT2D eigenvalue weighted by atomic mass is 127. The van der Waals surface area contributed by atoms with Crippen molar-refractivity contribution in [3.63, 3.8) is 0 Å². The average Bonchev–Trinajstić information content (AvgIpc) is 3.01. The molecule has 0 amide bonds. The van der Waals surface area contributed by atoms with E-state index in [1.54, 1.807) is 0 Å². The normalized spacial score (nSPS) is 11.7. The molecule has 0 fully saturated rings. The molecule has 0 heterocycles. The average molecular weight is 687 g/mol. The van der Waals surface area contributed by atoms with Gasteiger partial charge in [-0.15, -0.1) is 0 Å². The molecule has 0 aliphatic rings.